The SMILES string of the molecule is C=CC[C@@H](c1ccnc(-c2c(N)cnn2C(F)F)c1)N(C(=O)O)C(C)(C)C. The summed E-state index contributed by atoms with van der Waals surface area (Å²) in [6.07, 6.45) is 3.44. The van der Waals surface area contributed by atoms with Gasteiger partial charge in [-0.15, -0.1) is 6.58 Å². The fourth-order valence-electron chi connectivity index (χ4n) is 3.01. The number of pyridine rings is 1. The fourth-order valence-corrected chi connectivity index (χ4v) is 3.01. The molecule has 3 N–H and O–H groups in total. The highest BCUT2D eigenvalue weighted by Crippen LogP contribution is 2.34. The lowest BCUT2D eigenvalue weighted by atomic mass is 9.96. The summed E-state index contributed by atoms with van der Waals surface area (Å²) < 4.78 is 26.9. The Morgan fingerprint density at radius 3 is 2.67 bits per heavy atom. The molecule has 0 aliphatic rings. The molecule has 0 radical (unpaired) electrons. The molecule has 0 unspecified atom stereocenters. The van der Waals surface area contributed by atoms with Crippen molar-refractivity contribution in [2.45, 2.75) is 45.3 Å². The number of anilines is 1. The van der Waals surface area contributed by atoms with Crippen LogP contribution < -0.4 is 5.73 Å². The molecule has 0 fully saturated rings. The normalized spacial score (nSPS) is 12.8. The Kier molecular flexibility index (Phi) is 5.82. The summed E-state index contributed by atoms with van der Waals surface area (Å²) in [6.45, 7) is 6.17. The molecule has 1 amide bonds. The van der Waals surface area contributed by atoms with Gasteiger partial charge in [-0.05, 0) is 44.9 Å². The van der Waals surface area contributed by atoms with Gasteiger partial charge in [0.15, 0.2) is 0 Å². The predicted octanol–water partition coefficient (Wildman–Crippen LogP) is 4.32. The first kappa shape index (κ1) is 20.3. The Labute approximate surface area is 156 Å². The van der Waals surface area contributed by atoms with E-state index in [-0.39, 0.29) is 17.1 Å². The van der Waals surface area contributed by atoms with Gasteiger partial charge in [-0.3, -0.25) is 9.88 Å². The quantitative estimate of drug-likeness (QED) is 0.729. The average Bonchev–Trinajstić information content (AvgIpc) is 2.95. The molecule has 1 atom stereocenters. The van der Waals surface area contributed by atoms with Crippen molar-refractivity contribution in [2.24, 2.45) is 0 Å². The lowest BCUT2D eigenvalue weighted by molar-refractivity contribution is 0.0585. The van der Waals surface area contributed by atoms with Crippen molar-refractivity contribution >= 4 is 11.8 Å². The van der Waals surface area contributed by atoms with Crippen LogP contribution in [0, 0.1) is 0 Å². The van der Waals surface area contributed by atoms with Crippen LogP contribution in [0.2, 0.25) is 0 Å². The molecule has 7 nitrogen and oxygen atoms in total. The van der Waals surface area contributed by atoms with Gasteiger partial charge in [0.05, 0.1) is 23.6 Å². The van der Waals surface area contributed by atoms with Crippen molar-refractivity contribution in [1.82, 2.24) is 19.7 Å². The molecule has 0 aliphatic carbocycles. The minimum Gasteiger partial charge on any atom is -0.465 e. The Morgan fingerprint density at radius 2 is 2.15 bits per heavy atom. The Bertz CT molecular complexity index is 829. The largest absolute Gasteiger partial charge is 0.465 e. The van der Waals surface area contributed by atoms with Crippen molar-refractivity contribution in [2.75, 3.05) is 5.73 Å². The van der Waals surface area contributed by atoms with Gasteiger partial charge in [0.2, 0.25) is 0 Å². The van der Waals surface area contributed by atoms with Gasteiger partial charge < -0.3 is 10.8 Å². The molecule has 2 rings (SSSR count). The number of nitrogen functional groups attached to an aromatic ring is 1. The third-order valence-electron chi connectivity index (χ3n) is 4.05. The number of aromatic nitrogens is 3. The first-order valence-corrected chi connectivity index (χ1v) is 8.28. The molecule has 0 spiro atoms. The number of carboxylic acid groups (broad SMARTS) is 1. The zero-order valence-corrected chi connectivity index (χ0v) is 15.4. The van der Waals surface area contributed by atoms with Crippen molar-refractivity contribution in [3.63, 3.8) is 0 Å². The third-order valence-corrected chi connectivity index (χ3v) is 4.05. The standard InChI is InChI=1S/C18H23F2N5O2/c1-5-6-14(24(17(26)27)18(2,3)4)11-7-8-22-13(9-11)15-12(21)10-23-25(15)16(19)20/h5,7-10,14,16H,1,6,21H2,2-4H3,(H,26,27)/t14-/m0/s1. The lowest BCUT2D eigenvalue weighted by Crippen LogP contribution is -2.47. The summed E-state index contributed by atoms with van der Waals surface area (Å²) in [5.41, 5.74) is 5.94. The van der Waals surface area contributed by atoms with E-state index < -0.39 is 24.2 Å². The van der Waals surface area contributed by atoms with E-state index in [2.05, 4.69) is 16.7 Å². The first-order valence-electron chi connectivity index (χ1n) is 8.28. The van der Waals surface area contributed by atoms with Crippen LogP contribution >= 0.6 is 0 Å². The van der Waals surface area contributed by atoms with Crippen molar-refractivity contribution < 1.29 is 18.7 Å². The number of alkyl halides is 2. The Balaban J connectivity index is 2.58. The highest BCUT2D eigenvalue weighted by Gasteiger charge is 2.34. The topological polar surface area (TPSA) is 97.3 Å². The third kappa shape index (κ3) is 4.24. The first-order chi connectivity index (χ1) is 12.6. The predicted molar refractivity (Wildman–Crippen MR) is 98.3 cm³/mol. The number of amides is 1. The summed E-state index contributed by atoms with van der Waals surface area (Å²) in [6, 6.07) is 2.65. The molecule has 2 aromatic heterocycles. The molecule has 0 saturated heterocycles. The van der Waals surface area contributed by atoms with E-state index in [9.17, 15) is 18.7 Å². The minimum absolute atomic E-state index is 0.0122. The molecule has 2 heterocycles. The average molecular weight is 379 g/mol. The molecule has 146 valence electrons. The second-order valence-electron chi connectivity index (χ2n) is 7.01. The molecule has 0 saturated carbocycles. The zero-order chi connectivity index (χ0) is 20.4. The number of nitrogens with two attached hydrogens (primary N) is 1. The van der Waals surface area contributed by atoms with Gasteiger partial charge in [-0.1, -0.05) is 6.08 Å². The van der Waals surface area contributed by atoms with Crippen molar-refractivity contribution in [1.29, 1.82) is 0 Å². The van der Waals surface area contributed by atoms with Crippen LogP contribution in [-0.4, -0.2) is 36.4 Å². The minimum atomic E-state index is -2.88. The van der Waals surface area contributed by atoms with Crippen LogP contribution in [0.5, 0.6) is 0 Å². The van der Waals surface area contributed by atoms with E-state index in [1.807, 2.05) is 0 Å². The van der Waals surface area contributed by atoms with E-state index in [0.29, 0.717) is 16.7 Å². The Morgan fingerprint density at radius 1 is 1.48 bits per heavy atom. The van der Waals surface area contributed by atoms with Crippen molar-refractivity contribution in [3.8, 4) is 11.4 Å². The molecule has 0 bridgehead atoms. The van der Waals surface area contributed by atoms with Crippen LogP contribution in [0.15, 0.2) is 37.2 Å². The number of carbonyl (C=O) groups is 1. The summed E-state index contributed by atoms with van der Waals surface area (Å²) in [4.78, 5) is 17.3. The molecule has 0 aromatic carbocycles. The van der Waals surface area contributed by atoms with Crippen LogP contribution in [0.25, 0.3) is 11.4 Å². The zero-order valence-electron chi connectivity index (χ0n) is 15.4. The van der Waals surface area contributed by atoms with Crippen LogP contribution in [-0.2, 0) is 0 Å². The second-order valence-corrected chi connectivity index (χ2v) is 7.01. The molecule has 9 heteroatoms. The van der Waals surface area contributed by atoms with Gasteiger partial charge in [-0.25, -0.2) is 4.79 Å². The number of hydrogen-bond donors (Lipinski definition) is 2. The van der Waals surface area contributed by atoms with Crippen LogP contribution in [0.3, 0.4) is 0 Å². The Hall–Kier alpha value is -2.97. The monoisotopic (exact) mass is 379 g/mol. The summed E-state index contributed by atoms with van der Waals surface area (Å²) in [7, 11) is 0. The number of halogens is 2. The smallest absolute Gasteiger partial charge is 0.408 e. The summed E-state index contributed by atoms with van der Waals surface area (Å²) in [5, 5.41) is 13.3. The van der Waals surface area contributed by atoms with E-state index in [4.69, 9.17) is 5.73 Å². The maximum Gasteiger partial charge on any atom is 0.408 e. The molecule has 2 aromatic rings. The molecule has 0 aliphatic heterocycles. The molecular formula is C18H23F2N5O2. The highest BCUT2D eigenvalue weighted by atomic mass is 19.3. The van der Waals surface area contributed by atoms with Crippen LogP contribution in [0.1, 0.15) is 45.3 Å². The fraction of sp³-hybridized carbons (Fsp3) is 0.389. The van der Waals surface area contributed by atoms with Gasteiger partial charge >= 0.3 is 12.6 Å². The lowest BCUT2D eigenvalue weighted by Gasteiger charge is -2.39. The van der Waals surface area contributed by atoms with E-state index in [1.165, 1.54) is 11.1 Å². The number of nitrogens with zero attached hydrogens (tertiary/aromatic N) is 4. The van der Waals surface area contributed by atoms with Gasteiger partial charge in [0.1, 0.15) is 5.69 Å². The summed E-state index contributed by atoms with van der Waals surface area (Å²) >= 11 is 0. The summed E-state index contributed by atoms with van der Waals surface area (Å²) in [5.74, 6) is 0. The van der Waals surface area contributed by atoms with Gasteiger partial charge in [0.25, 0.3) is 0 Å². The van der Waals surface area contributed by atoms with E-state index in [1.54, 1.807) is 39.0 Å². The maximum atomic E-state index is 13.2. The highest BCUT2D eigenvalue weighted by molar-refractivity contribution is 5.71. The van der Waals surface area contributed by atoms with E-state index >= 15 is 0 Å². The molecular weight excluding hydrogens is 356 g/mol. The molecule has 27 heavy (non-hydrogen) atoms. The van der Waals surface area contributed by atoms with Gasteiger partial charge in [0, 0.05) is 11.7 Å². The van der Waals surface area contributed by atoms with Gasteiger partial charge in [-0.2, -0.15) is 18.6 Å². The van der Waals surface area contributed by atoms with Crippen molar-refractivity contribution in [3.05, 3.63) is 42.7 Å². The number of rotatable bonds is 6. The van der Waals surface area contributed by atoms with E-state index in [0.717, 1.165) is 6.20 Å². The number of hydrogen-bond acceptors (Lipinski definition) is 4. The second kappa shape index (κ2) is 7.73. The van der Waals surface area contributed by atoms with Crippen LogP contribution in [0.4, 0.5) is 19.3 Å². The maximum absolute atomic E-state index is 13.2.